The van der Waals surface area contributed by atoms with Crippen molar-refractivity contribution in [1.29, 1.82) is 0 Å². The number of carbonyl (C=O) groups is 1. The Morgan fingerprint density at radius 3 is 2.67 bits per heavy atom. The van der Waals surface area contributed by atoms with Crippen LogP contribution in [0.4, 0.5) is 0 Å². The number of unbranched alkanes of at least 4 members (excludes halogenated alkanes) is 1. The molecule has 0 aromatic heterocycles. The molecule has 0 aliphatic heterocycles. The Morgan fingerprint density at radius 1 is 1.50 bits per heavy atom. The molecular weight excluding hydrogens is 160 g/mol. The number of ether oxygens (including phenoxy) is 1. The Hall–Kier alpha value is -0.610. The molecule has 0 heterocycles. The van der Waals surface area contributed by atoms with E-state index in [-0.39, 0.29) is 6.42 Å². The van der Waals surface area contributed by atoms with Crippen molar-refractivity contribution in [3.8, 4) is 0 Å². The van der Waals surface area contributed by atoms with E-state index in [1.54, 1.807) is 6.92 Å². The van der Waals surface area contributed by atoms with Crippen LogP contribution < -0.4 is 0 Å². The predicted octanol–water partition coefficient (Wildman–Crippen LogP) is 0.986. The zero-order chi connectivity index (χ0) is 9.40. The maximum absolute atomic E-state index is 10.1. The Balaban J connectivity index is 3.13. The Morgan fingerprint density at radius 2 is 2.17 bits per heavy atom. The number of hydrogen-bond donors (Lipinski definition) is 2. The highest BCUT2D eigenvalue weighted by molar-refractivity contribution is 5.66. The SMILES string of the molecule is CCOC(O)CCCCC(=O)O. The summed E-state index contributed by atoms with van der Waals surface area (Å²) in [6.07, 6.45) is 1.23. The lowest BCUT2D eigenvalue weighted by atomic mass is 10.2. The molecule has 4 heteroatoms. The number of aliphatic carboxylic acids is 1. The topological polar surface area (TPSA) is 66.8 Å². The van der Waals surface area contributed by atoms with Gasteiger partial charge in [0.2, 0.25) is 0 Å². The molecule has 0 amide bonds. The van der Waals surface area contributed by atoms with Crippen LogP contribution in [0.3, 0.4) is 0 Å². The smallest absolute Gasteiger partial charge is 0.303 e. The van der Waals surface area contributed by atoms with Gasteiger partial charge in [0.15, 0.2) is 6.29 Å². The van der Waals surface area contributed by atoms with Gasteiger partial charge in [-0.05, 0) is 26.2 Å². The summed E-state index contributed by atoms with van der Waals surface area (Å²) < 4.78 is 4.86. The largest absolute Gasteiger partial charge is 0.481 e. The first-order valence-electron chi connectivity index (χ1n) is 4.18. The van der Waals surface area contributed by atoms with Crippen molar-refractivity contribution in [2.24, 2.45) is 0 Å². The van der Waals surface area contributed by atoms with Crippen molar-refractivity contribution < 1.29 is 19.7 Å². The van der Waals surface area contributed by atoms with Crippen LogP contribution in [0.25, 0.3) is 0 Å². The second-order valence-electron chi connectivity index (χ2n) is 2.55. The van der Waals surface area contributed by atoms with E-state index in [2.05, 4.69) is 0 Å². The summed E-state index contributed by atoms with van der Waals surface area (Å²) in [5.41, 5.74) is 0. The lowest BCUT2D eigenvalue weighted by Crippen LogP contribution is -2.11. The van der Waals surface area contributed by atoms with E-state index in [4.69, 9.17) is 14.9 Å². The van der Waals surface area contributed by atoms with Crippen molar-refractivity contribution in [1.82, 2.24) is 0 Å². The maximum Gasteiger partial charge on any atom is 0.303 e. The molecule has 0 bridgehead atoms. The van der Waals surface area contributed by atoms with E-state index in [0.717, 1.165) is 0 Å². The lowest BCUT2D eigenvalue weighted by Gasteiger charge is -2.08. The van der Waals surface area contributed by atoms with E-state index >= 15 is 0 Å². The molecule has 0 fully saturated rings. The van der Waals surface area contributed by atoms with Crippen LogP contribution in [-0.2, 0) is 9.53 Å². The third-order valence-corrected chi connectivity index (χ3v) is 1.45. The van der Waals surface area contributed by atoms with Crippen LogP contribution in [0.15, 0.2) is 0 Å². The van der Waals surface area contributed by atoms with Crippen molar-refractivity contribution in [2.75, 3.05) is 6.61 Å². The summed E-state index contributed by atoms with van der Waals surface area (Å²) in [5, 5.41) is 17.3. The quantitative estimate of drug-likeness (QED) is 0.448. The molecule has 1 atom stereocenters. The molecule has 0 aromatic rings. The molecule has 0 spiro atoms. The van der Waals surface area contributed by atoms with Gasteiger partial charge < -0.3 is 14.9 Å². The van der Waals surface area contributed by atoms with Gasteiger partial charge in [-0.2, -0.15) is 0 Å². The fraction of sp³-hybridized carbons (Fsp3) is 0.875. The van der Waals surface area contributed by atoms with Crippen molar-refractivity contribution in [3.05, 3.63) is 0 Å². The molecule has 0 radical (unpaired) electrons. The van der Waals surface area contributed by atoms with E-state index in [1.165, 1.54) is 0 Å². The summed E-state index contributed by atoms with van der Waals surface area (Å²) >= 11 is 0. The second-order valence-corrected chi connectivity index (χ2v) is 2.55. The minimum absolute atomic E-state index is 0.166. The van der Waals surface area contributed by atoms with Crippen LogP contribution in [0.5, 0.6) is 0 Å². The number of hydrogen-bond acceptors (Lipinski definition) is 3. The average Bonchev–Trinajstić information content (AvgIpc) is 1.98. The van der Waals surface area contributed by atoms with E-state index < -0.39 is 12.3 Å². The van der Waals surface area contributed by atoms with Gasteiger partial charge in [0.25, 0.3) is 0 Å². The molecule has 4 nitrogen and oxygen atoms in total. The minimum atomic E-state index is -0.791. The van der Waals surface area contributed by atoms with Crippen LogP contribution in [0.1, 0.15) is 32.6 Å². The number of aliphatic hydroxyl groups excluding tert-OH is 1. The van der Waals surface area contributed by atoms with Crippen LogP contribution in [0, 0.1) is 0 Å². The highest BCUT2D eigenvalue weighted by atomic mass is 16.6. The summed E-state index contributed by atoms with van der Waals surface area (Å²) in [5.74, 6) is -0.791. The third-order valence-electron chi connectivity index (χ3n) is 1.45. The Kier molecular flexibility index (Phi) is 6.70. The molecule has 0 saturated carbocycles. The number of carboxylic acid groups (broad SMARTS) is 1. The third kappa shape index (κ3) is 7.50. The summed E-state index contributed by atoms with van der Waals surface area (Å²) in [7, 11) is 0. The van der Waals surface area contributed by atoms with E-state index in [0.29, 0.717) is 25.9 Å². The molecule has 2 N–H and O–H groups in total. The molecule has 0 aliphatic carbocycles. The molecule has 72 valence electrons. The molecule has 0 rings (SSSR count). The molecule has 12 heavy (non-hydrogen) atoms. The number of carboxylic acids is 1. The second kappa shape index (κ2) is 7.06. The molecule has 0 saturated heterocycles. The Bertz CT molecular complexity index is 124. The zero-order valence-corrected chi connectivity index (χ0v) is 7.32. The first kappa shape index (κ1) is 11.4. The summed E-state index contributed by atoms with van der Waals surface area (Å²) in [6.45, 7) is 2.29. The maximum atomic E-state index is 10.1. The molecular formula is C8H16O4. The highest BCUT2D eigenvalue weighted by Crippen LogP contribution is 2.04. The van der Waals surface area contributed by atoms with Gasteiger partial charge in [0.1, 0.15) is 0 Å². The van der Waals surface area contributed by atoms with Gasteiger partial charge in [0, 0.05) is 13.0 Å². The minimum Gasteiger partial charge on any atom is -0.481 e. The van der Waals surface area contributed by atoms with Crippen molar-refractivity contribution >= 4 is 5.97 Å². The average molecular weight is 176 g/mol. The van der Waals surface area contributed by atoms with Crippen LogP contribution in [-0.4, -0.2) is 29.1 Å². The van der Waals surface area contributed by atoms with Crippen LogP contribution >= 0.6 is 0 Å². The summed E-state index contributed by atoms with van der Waals surface area (Å²) in [6, 6.07) is 0. The molecule has 0 aromatic carbocycles. The zero-order valence-electron chi connectivity index (χ0n) is 7.32. The predicted molar refractivity (Wildman–Crippen MR) is 43.7 cm³/mol. The van der Waals surface area contributed by atoms with Gasteiger partial charge in [-0.3, -0.25) is 4.79 Å². The summed E-state index contributed by atoms with van der Waals surface area (Å²) in [4.78, 5) is 10.1. The monoisotopic (exact) mass is 176 g/mol. The van der Waals surface area contributed by atoms with Gasteiger partial charge in [-0.25, -0.2) is 0 Å². The van der Waals surface area contributed by atoms with Gasteiger partial charge in [-0.15, -0.1) is 0 Å². The first-order chi connectivity index (χ1) is 5.66. The van der Waals surface area contributed by atoms with E-state index in [9.17, 15) is 4.79 Å². The normalized spacial score (nSPS) is 12.8. The first-order valence-corrected chi connectivity index (χ1v) is 4.18. The molecule has 1 unspecified atom stereocenters. The van der Waals surface area contributed by atoms with Gasteiger partial charge in [0.05, 0.1) is 0 Å². The van der Waals surface area contributed by atoms with Crippen molar-refractivity contribution in [3.63, 3.8) is 0 Å². The standard InChI is InChI=1S/C8H16O4/c1-2-12-8(11)6-4-3-5-7(9)10/h8,11H,2-6H2,1H3,(H,9,10). The highest BCUT2D eigenvalue weighted by Gasteiger charge is 2.03. The fourth-order valence-corrected chi connectivity index (χ4v) is 0.871. The van der Waals surface area contributed by atoms with Crippen LogP contribution in [0.2, 0.25) is 0 Å². The number of aliphatic hydroxyl groups is 1. The Labute approximate surface area is 72.2 Å². The lowest BCUT2D eigenvalue weighted by molar-refractivity contribution is -0.137. The van der Waals surface area contributed by atoms with Gasteiger partial charge >= 0.3 is 5.97 Å². The number of rotatable bonds is 7. The molecule has 0 aliphatic rings. The van der Waals surface area contributed by atoms with Gasteiger partial charge in [-0.1, -0.05) is 0 Å². The van der Waals surface area contributed by atoms with Crippen molar-refractivity contribution in [2.45, 2.75) is 38.9 Å². The fourth-order valence-electron chi connectivity index (χ4n) is 0.871. The van der Waals surface area contributed by atoms with E-state index in [1.807, 2.05) is 0 Å².